The second kappa shape index (κ2) is 6.51. The van der Waals surface area contributed by atoms with E-state index in [1.165, 1.54) is 6.42 Å². The van der Waals surface area contributed by atoms with E-state index < -0.39 is 0 Å². The van der Waals surface area contributed by atoms with Gasteiger partial charge in [-0.25, -0.2) is 4.68 Å². The molecule has 1 spiro atoms. The molecule has 5 heteroatoms. The minimum Gasteiger partial charge on any atom is -0.497 e. The lowest BCUT2D eigenvalue weighted by molar-refractivity contribution is -0.0491. The van der Waals surface area contributed by atoms with Crippen molar-refractivity contribution in [2.24, 2.45) is 0 Å². The average molecular weight is 373 g/mol. The number of benzene rings is 2. The molecule has 142 valence electrons. The van der Waals surface area contributed by atoms with Gasteiger partial charge in [-0.05, 0) is 68.1 Å². The van der Waals surface area contributed by atoms with Gasteiger partial charge in [0.05, 0.1) is 18.5 Å². The lowest BCUT2D eigenvalue weighted by Crippen LogP contribution is -2.65. The molecule has 1 aliphatic heterocycles. The van der Waals surface area contributed by atoms with Crippen molar-refractivity contribution in [2.45, 2.75) is 31.2 Å². The minimum absolute atomic E-state index is 0.0513. The van der Waals surface area contributed by atoms with E-state index >= 15 is 0 Å². The smallest absolute Gasteiger partial charge is 0.274 e. The summed E-state index contributed by atoms with van der Waals surface area (Å²) in [7, 11) is 1.66. The van der Waals surface area contributed by atoms with Crippen LogP contribution in [-0.2, 0) is 0 Å². The summed E-state index contributed by atoms with van der Waals surface area (Å²) in [6.45, 7) is 0.842. The fourth-order valence-corrected chi connectivity index (χ4v) is 4.32. The van der Waals surface area contributed by atoms with Gasteiger partial charge in [0.2, 0.25) is 0 Å². The molecule has 5 rings (SSSR count). The van der Waals surface area contributed by atoms with Crippen molar-refractivity contribution in [1.82, 2.24) is 14.7 Å². The third-order valence-corrected chi connectivity index (χ3v) is 6.22. The molecule has 2 heterocycles. The van der Waals surface area contributed by atoms with Gasteiger partial charge >= 0.3 is 0 Å². The Morgan fingerprint density at radius 2 is 1.79 bits per heavy atom. The second-order valence-electron chi connectivity index (χ2n) is 7.68. The van der Waals surface area contributed by atoms with Crippen LogP contribution in [0.25, 0.3) is 16.9 Å². The molecule has 0 unspecified atom stereocenters. The lowest BCUT2D eigenvalue weighted by atomic mass is 9.67. The highest BCUT2D eigenvalue weighted by Gasteiger charge is 2.51. The van der Waals surface area contributed by atoms with Crippen LogP contribution in [0.5, 0.6) is 5.75 Å². The van der Waals surface area contributed by atoms with Gasteiger partial charge in [0.15, 0.2) is 5.69 Å². The maximum Gasteiger partial charge on any atom is 0.274 e. The molecule has 3 aromatic rings. The van der Waals surface area contributed by atoms with E-state index in [2.05, 4.69) is 0 Å². The number of aromatic nitrogens is 2. The molecule has 28 heavy (non-hydrogen) atoms. The van der Waals surface area contributed by atoms with Crippen LogP contribution >= 0.6 is 0 Å². The Hall–Kier alpha value is -3.08. The first kappa shape index (κ1) is 17.0. The Kier molecular flexibility index (Phi) is 3.97. The van der Waals surface area contributed by atoms with Crippen LogP contribution in [0.3, 0.4) is 0 Å². The summed E-state index contributed by atoms with van der Waals surface area (Å²) >= 11 is 0. The number of carbonyl (C=O) groups excluding carboxylic acids is 1. The first-order valence-corrected chi connectivity index (χ1v) is 9.82. The van der Waals surface area contributed by atoms with Crippen molar-refractivity contribution in [2.75, 3.05) is 13.7 Å². The van der Waals surface area contributed by atoms with Crippen LogP contribution < -0.4 is 4.74 Å². The molecule has 1 saturated carbocycles. The number of carbonyl (C=O) groups is 1. The van der Waals surface area contributed by atoms with Crippen molar-refractivity contribution < 1.29 is 9.53 Å². The Morgan fingerprint density at radius 1 is 1.04 bits per heavy atom. The van der Waals surface area contributed by atoms with E-state index in [9.17, 15) is 4.79 Å². The summed E-state index contributed by atoms with van der Waals surface area (Å²) in [4.78, 5) is 15.2. The van der Waals surface area contributed by atoms with Gasteiger partial charge in [0, 0.05) is 17.6 Å². The highest BCUT2D eigenvalue weighted by molar-refractivity contribution is 5.95. The molecule has 5 nitrogen and oxygen atoms in total. The highest BCUT2D eigenvalue weighted by Crippen LogP contribution is 2.47. The predicted octanol–water partition coefficient (Wildman–Crippen LogP) is 4.32. The van der Waals surface area contributed by atoms with E-state index in [-0.39, 0.29) is 11.4 Å². The van der Waals surface area contributed by atoms with Gasteiger partial charge < -0.3 is 9.64 Å². The quantitative estimate of drug-likeness (QED) is 0.684. The topological polar surface area (TPSA) is 47.4 Å². The average Bonchev–Trinajstić information content (AvgIpc) is 3.12. The number of rotatable bonds is 4. The number of likely N-dealkylation sites (tertiary alicyclic amines) is 1. The van der Waals surface area contributed by atoms with Crippen LogP contribution in [0.2, 0.25) is 0 Å². The lowest BCUT2D eigenvalue weighted by Gasteiger charge is -2.58. The normalized spacial score (nSPS) is 17.1. The van der Waals surface area contributed by atoms with Crippen LogP contribution in [0.1, 0.15) is 36.2 Å². The summed E-state index contributed by atoms with van der Waals surface area (Å²) < 4.78 is 7.14. The molecule has 2 aliphatic rings. The van der Waals surface area contributed by atoms with Crippen molar-refractivity contribution in [3.63, 3.8) is 0 Å². The van der Waals surface area contributed by atoms with Crippen LogP contribution in [0.15, 0.2) is 60.7 Å². The van der Waals surface area contributed by atoms with Gasteiger partial charge in [0.1, 0.15) is 5.75 Å². The van der Waals surface area contributed by atoms with Crippen molar-refractivity contribution in [1.29, 1.82) is 0 Å². The Morgan fingerprint density at radius 3 is 2.36 bits per heavy atom. The molecular formula is C23H23N3O2. The van der Waals surface area contributed by atoms with Crippen LogP contribution in [0, 0.1) is 0 Å². The molecule has 2 aromatic carbocycles. The van der Waals surface area contributed by atoms with Gasteiger partial charge in [-0.15, -0.1) is 0 Å². The number of hydrogen-bond acceptors (Lipinski definition) is 3. The molecule has 2 fully saturated rings. The fraction of sp³-hybridized carbons (Fsp3) is 0.304. The molecule has 0 bridgehead atoms. The zero-order chi connectivity index (χ0) is 19.1. The number of amides is 1. The zero-order valence-corrected chi connectivity index (χ0v) is 16.0. The van der Waals surface area contributed by atoms with Gasteiger partial charge in [-0.1, -0.05) is 18.2 Å². The third kappa shape index (κ3) is 2.61. The summed E-state index contributed by atoms with van der Waals surface area (Å²) in [5.74, 6) is 0.855. The zero-order valence-electron chi connectivity index (χ0n) is 16.0. The molecule has 1 aromatic heterocycles. The first-order valence-electron chi connectivity index (χ1n) is 9.82. The molecule has 1 saturated heterocycles. The maximum atomic E-state index is 13.2. The van der Waals surface area contributed by atoms with E-state index in [1.54, 1.807) is 7.11 Å². The van der Waals surface area contributed by atoms with E-state index in [0.29, 0.717) is 5.69 Å². The van der Waals surface area contributed by atoms with Crippen molar-refractivity contribution >= 4 is 5.91 Å². The first-order chi connectivity index (χ1) is 13.7. The van der Waals surface area contributed by atoms with Gasteiger partial charge in [-0.2, -0.15) is 5.10 Å². The molecule has 0 radical (unpaired) electrons. The maximum absolute atomic E-state index is 13.2. The second-order valence-corrected chi connectivity index (χ2v) is 7.68. The Bertz CT molecular complexity index is 999. The Labute approximate surface area is 164 Å². The molecule has 1 amide bonds. The Balaban J connectivity index is 1.56. The van der Waals surface area contributed by atoms with E-state index in [0.717, 1.165) is 48.5 Å². The standard InChI is InChI=1S/C23H23N3O2/c1-28-19-10-8-17(9-11-19)21-16-20(24-26(21)18-6-3-2-4-7-18)22(27)25-15-14-23(25)12-5-13-23/h2-4,6-11,16H,5,12-15H2,1H3. The monoisotopic (exact) mass is 373 g/mol. The largest absolute Gasteiger partial charge is 0.497 e. The number of ether oxygens (including phenoxy) is 1. The minimum atomic E-state index is 0.0513. The number of para-hydroxylation sites is 1. The third-order valence-electron chi connectivity index (χ3n) is 6.22. The van der Waals surface area contributed by atoms with Crippen LogP contribution in [0.4, 0.5) is 0 Å². The van der Waals surface area contributed by atoms with E-state index in [4.69, 9.17) is 9.84 Å². The number of nitrogens with zero attached hydrogens (tertiary/aromatic N) is 3. The predicted molar refractivity (Wildman–Crippen MR) is 108 cm³/mol. The summed E-state index contributed by atoms with van der Waals surface area (Å²) in [6.07, 6.45) is 4.61. The number of hydrogen-bond donors (Lipinski definition) is 0. The van der Waals surface area contributed by atoms with Gasteiger partial charge in [0.25, 0.3) is 5.91 Å². The molecule has 0 N–H and O–H groups in total. The number of methoxy groups -OCH3 is 1. The summed E-state index contributed by atoms with van der Waals surface area (Å²) in [6, 6.07) is 19.7. The van der Waals surface area contributed by atoms with E-state index in [1.807, 2.05) is 70.2 Å². The molecule has 1 aliphatic carbocycles. The van der Waals surface area contributed by atoms with Crippen LogP contribution in [-0.4, -0.2) is 39.8 Å². The van der Waals surface area contributed by atoms with Crippen molar-refractivity contribution in [3.8, 4) is 22.7 Å². The molecule has 0 atom stereocenters. The SMILES string of the molecule is COc1ccc(-c2cc(C(=O)N3CCC34CCC4)nn2-c2ccccc2)cc1. The summed E-state index contributed by atoms with van der Waals surface area (Å²) in [5, 5.41) is 4.72. The summed E-state index contributed by atoms with van der Waals surface area (Å²) in [5.41, 5.74) is 3.47. The van der Waals surface area contributed by atoms with Crippen molar-refractivity contribution in [3.05, 3.63) is 66.4 Å². The highest BCUT2D eigenvalue weighted by atomic mass is 16.5. The van der Waals surface area contributed by atoms with Gasteiger partial charge in [-0.3, -0.25) is 4.79 Å². The molecular weight excluding hydrogens is 350 g/mol. The fourth-order valence-electron chi connectivity index (χ4n) is 4.32.